The Bertz CT molecular complexity index is 685. The van der Waals surface area contributed by atoms with Gasteiger partial charge in [0, 0.05) is 18.5 Å². The summed E-state index contributed by atoms with van der Waals surface area (Å²) in [6.07, 6.45) is 1.49. The topological polar surface area (TPSA) is 70.6 Å². The first-order valence-electron chi connectivity index (χ1n) is 7.06. The van der Waals surface area contributed by atoms with Gasteiger partial charge in [-0.3, -0.25) is 9.59 Å². The van der Waals surface area contributed by atoms with Gasteiger partial charge in [-0.2, -0.15) is 5.10 Å². The van der Waals surface area contributed by atoms with Crippen LogP contribution in [0.1, 0.15) is 18.4 Å². The number of rotatable bonds is 6. The molecule has 0 unspecified atom stereocenters. The quantitative estimate of drug-likeness (QED) is 0.636. The molecule has 2 aromatic carbocycles. The maximum absolute atomic E-state index is 12.7. The van der Waals surface area contributed by atoms with Gasteiger partial charge in [0.15, 0.2) is 0 Å². The average molecular weight is 313 g/mol. The lowest BCUT2D eigenvalue weighted by Crippen LogP contribution is -2.20. The third kappa shape index (κ3) is 6.09. The summed E-state index contributed by atoms with van der Waals surface area (Å²) in [5.41, 5.74) is 3.67. The Balaban J connectivity index is 1.70. The second kappa shape index (κ2) is 8.43. The molecule has 118 valence electrons. The molecule has 0 bridgehead atoms. The number of nitrogens with zero attached hydrogens (tertiary/aromatic N) is 1. The predicted molar refractivity (Wildman–Crippen MR) is 86.4 cm³/mol. The third-order valence-electron chi connectivity index (χ3n) is 2.91. The van der Waals surface area contributed by atoms with Crippen LogP contribution in [-0.2, 0) is 9.59 Å². The minimum absolute atomic E-state index is 0.0272. The van der Waals surface area contributed by atoms with E-state index < -0.39 is 0 Å². The van der Waals surface area contributed by atoms with Crippen molar-refractivity contribution in [2.24, 2.45) is 5.10 Å². The average Bonchev–Trinajstić information content (AvgIpc) is 2.56. The molecule has 2 N–H and O–H groups in total. The van der Waals surface area contributed by atoms with Crippen LogP contribution < -0.4 is 10.7 Å². The van der Waals surface area contributed by atoms with Crippen LogP contribution in [0, 0.1) is 5.82 Å². The largest absolute Gasteiger partial charge is 0.326 e. The van der Waals surface area contributed by atoms with Gasteiger partial charge in [-0.15, -0.1) is 0 Å². The van der Waals surface area contributed by atoms with Gasteiger partial charge in [-0.1, -0.05) is 30.3 Å². The molecule has 0 radical (unpaired) electrons. The van der Waals surface area contributed by atoms with Gasteiger partial charge in [0.05, 0.1) is 6.21 Å². The summed E-state index contributed by atoms with van der Waals surface area (Å²) >= 11 is 0. The molecule has 2 aromatic rings. The van der Waals surface area contributed by atoms with E-state index in [4.69, 9.17) is 0 Å². The fourth-order valence-corrected chi connectivity index (χ4v) is 1.76. The summed E-state index contributed by atoms with van der Waals surface area (Å²) in [6, 6.07) is 14.7. The number of hydrogen-bond acceptors (Lipinski definition) is 3. The molecule has 0 atom stereocenters. The Hall–Kier alpha value is -3.02. The minimum Gasteiger partial charge on any atom is -0.326 e. The van der Waals surface area contributed by atoms with Crippen molar-refractivity contribution in [2.75, 3.05) is 5.32 Å². The Morgan fingerprint density at radius 1 is 0.957 bits per heavy atom. The van der Waals surface area contributed by atoms with Crippen LogP contribution >= 0.6 is 0 Å². The first-order chi connectivity index (χ1) is 11.1. The molecule has 6 heteroatoms. The lowest BCUT2D eigenvalue weighted by Gasteiger charge is -2.04. The third-order valence-corrected chi connectivity index (χ3v) is 2.91. The highest BCUT2D eigenvalue weighted by molar-refractivity contribution is 5.93. The van der Waals surface area contributed by atoms with Gasteiger partial charge in [-0.25, -0.2) is 9.82 Å². The predicted octanol–water partition coefficient (Wildman–Crippen LogP) is 2.69. The van der Waals surface area contributed by atoms with Gasteiger partial charge in [0.25, 0.3) is 0 Å². The summed E-state index contributed by atoms with van der Waals surface area (Å²) in [4.78, 5) is 23.3. The van der Waals surface area contributed by atoms with E-state index in [1.807, 2.05) is 18.2 Å². The summed E-state index contributed by atoms with van der Waals surface area (Å²) < 4.78 is 12.7. The lowest BCUT2D eigenvalue weighted by atomic mass is 10.2. The van der Waals surface area contributed by atoms with Crippen LogP contribution in [0.2, 0.25) is 0 Å². The van der Waals surface area contributed by atoms with E-state index in [0.29, 0.717) is 11.3 Å². The number of benzene rings is 2. The van der Waals surface area contributed by atoms with Gasteiger partial charge in [0.1, 0.15) is 5.82 Å². The molecule has 0 saturated heterocycles. The molecular weight excluding hydrogens is 297 g/mol. The van der Waals surface area contributed by atoms with Crippen molar-refractivity contribution in [1.82, 2.24) is 5.43 Å². The minimum atomic E-state index is -0.369. The number of anilines is 1. The van der Waals surface area contributed by atoms with Gasteiger partial charge >= 0.3 is 0 Å². The monoisotopic (exact) mass is 313 g/mol. The van der Waals surface area contributed by atoms with Crippen molar-refractivity contribution in [3.8, 4) is 0 Å². The second-order valence-corrected chi connectivity index (χ2v) is 4.76. The highest BCUT2D eigenvalue weighted by atomic mass is 19.1. The zero-order valence-corrected chi connectivity index (χ0v) is 12.3. The zero-order valence-electron chi connectivity index (χ0n) is 12.3. The van der Waals surface area contributed by atoms with E-state index in [1.165, 1.54) is 30.5 Å². The number of carbonyl (C=O) groups excluding carboxylic acids is 2. The molecule has 0 aliphatic rings. The SMILES string of the molecule is O=C(CCC(=O)Nc1ccccc1)N/N=C\c1ccc(F)cc1. The highest BCUT2D eigenvalue weighted by Crippen LogP contribution is 2.06. The van der Waals surface area contributed by atoms with Crippen LogP contribution in [0.3, 0.4) is 0 Å². The van der Waals surface area contributed by atoms with E-state index in [1.54, 1.807) is 12.1 Å². The number of halogens is 1. The molecule has 2 rings (SSSR count). The van der Waals surface area contributed by atoms with Crippen molar-refractivity contribution in [3.05, 3.63) is 66.0 Å². The number of hydrogen-bond donors (Lipinski definition) is 2. The van der Waals surface area contributed by atoms with Crippen molar-refractivity contribution in [2.45, 2.75) is 12.8 Å². The van der Waals surface area contributed by atoms with E-state index in [0.717, 1.165) is 0 Å². The van der Waals surface area contributed by atoms with E-state index in [2.05, 4.69) is 15.8 Å². The summed E-state index contributed by atoms with van der Waals surface area (Å²) in [7, 11) is 0. The number of amides is 2. The Labute approximate surface area is 133 Å². The maximum Gasteiger partial charge on any atom is 0.240 e. The fourth-order valence-electron chi connectivity index (χ4n) is 1.76. The fraction of sp³-hybridized carbons (Fsp3) is 0.118. The van der Waals surface area contributed by atoms with Gasteiger partial charge in [-0.05, 0) is 29.8 Å². The zero-order chi connectivity index (χ0) is 16.5. The molecule has 0 heterocycles. The maximum atomic E-state index is 12.7. The smallest absolute Gasteiger partial charge is 0.240 e. The molecule has 0 aliphatic heterocycles. The number of nitrogens with one attached hydrogen (secondary N) is 2. The van der Waals surface area contributed by atoms with Crippen LogP contribution in [-0.4, -0.2) is 18.0 Å². The van der Waals surface area contributed by atoms with Crippen LogP contribution in [0.25, 0.3) is 0 Å². The molecule has 23 heavy (non-hydrogen) atoms. The molecule has 0 fully saturated rings. The standard InChI is InChI=1S/C17H16FN3O2/c18-14-8-6-13(7-9-14)12-19-21-17(23)11-10-16(22)20-15-4-2-1-3-5-15/h1-9,12H,10-11H2,(H,20,22)(H,21,23)/b19-12-. The normalized spacial score (nSPS) is 10.5. The van der Waals surface area contributed by atoms with E-state index >= 15 is 0 Å². The molecule has 0 spiro atoms. The van der Waals surface area contributed by atoms with Crippen LogP contribution in [0.5, 0.6) is 0 Å². The summed E-state index contributed by atoms with van der Waals surface area (Å²) in [5, 5.41) is 6.45. The van der Waals surface area contributed by atoms with Gasteiger partial charge < -0.3 is 5.32 Å². The van der Waals surface area contributed by atoms with Gasteiger partial charge in [0.2, 0.25) is 11.8 Å². The van der Waals surface area contributed by atoms with E-state index in [-0.39, 0.29) is 30.5 Å². The number of carbonyl (C=O) groups is 2. The van der Waals surface area contributed by atoms with Crippen molar-refractivity contribution >= 4 is 23.7 Å². The first kappa shape index (κ1) is 16.4. The number of hydrazone groups is 1. The van der Waals surface area contributed by atoms with E-state index in [9.17, 15) is 14.0 Å². The molecular formula is C17H16FN3O2. The molecule has 0 saturated carbocycles. The van der Waals surface area contributed by atoms with Crippen molar-refractivity contribution in [1.29, 1.82) is 0 Å². The van der Waals surface area contributed by atoms with Crippen molar-refractivity contribution in [3.63, 3.8) is 0 Å². The van der Waals surface area contributed by atoms with Crippen molar-refractivity contribution < 1.29 is 14.0 Å². The van der Waals surface area contributed by atoms with Crippen LogP contribution in [0.4, 0.5) is 10.1 Å². The molecule has 2 amide bonds. The highest BCUT2D eigenvalue weighted by Gasteiger charge is 2.06. The summed E-state index contributed by atoms with van der Waals surface area (Å²) in [6.45, 7) is 0. The first-order valence-corrected chi connectivity index (χ1v) is 7.06. The Morgan fingerprint density at radius 2 is 1.61 bits per heavy atom. The molecule has 5 nitrogen and oxygen atoms in total. The molecule has 0 aliphatic carbocycles. The lowest BCUT2D eigenvalue weighted by molar-refractivity contribution is -0.124. The Kier molecular flexibility index (Phi) is 5.99. The summed E-state index contributed by atoms with van der Waals surface area (Å²) in [5.74, 6) is -0.948. The number of para-hydroxylation sites is 1. The molecule has 0 aromatic heterocycles. The van der Waals surface area contributed by atoms with Crippen LogP contribution in [0.15, 0.2) is 59.7 Å². The Morgan fingerprint density at radius 3 is 2.30 bits per heavy atom. The second-order valence-electron chi connectivity index (χ2n) is 4.76.